The maximum atomic E-state index is 12.7. The summed E-state index contributed by atoms with van der Waals surface area (Å²) in [6.45, 7) is 1.15. The zero-order valence-corrected chi connectivity index (χ0v) is 11.6. The van der Waals surface area contributed by atoms with Crippen molar-refractivity contribution in [3.63, 3.8) is 0 Å². The van der Waals surface area contributed by atoms with Crippen LogP contribution in [0.5, 0.6) is 0 Å². The Balaban J connectivity index is 2.34. The van der Waals surface area contributed by atoms with E-state index in [1.54, 1.807) is 18.2 Å². The predicted octanol–water partition coefficient (Wildman–Crippen LogP) is 2.37. The monoisotopic (exact) mass is 310 g/mol. The first-order valence-electron chi connectivity index (χ1n) is 6.32. The molecule has 0 fully saturated rings. The largest absolute Gasteiger partial charge is 0.433 e. The highest BCUT2D eigenvalue weighted by atomic mass is 19.4. The van der Waals surface area contributed by atoms with E-state index in [2.05, 4.69) is 15.3 Å². The average molecular weight is 310 g/mol. The van der Waals surface area contributed by atoms with Gasteiger partial charge in [0.2, 0.25) is 5.91 Å². The summed E-state index contributed by atoms with van der Waals surface area (Å²) in [7, 11) is 0. The van der Waals surface area contributed by atoms with E-state index >= 15 is 0 Å². The van der Waals surface area contributed by atoms with E-state index in [9.17, 15) is 18.0 Å². The topological polar surface area (TPSA) is 80.9 Å². The number of halogens is 3. The zero-order chi connectivity index (χ0) is 16.3. The Morgan fingerprint density at radius 1 is 1.36 bits per heavy atom. The number of nitrogens with zero attached hydrogens (tertiary/aromatic N) is 2. The molecule has 0 aliphatic carbocycles. The smallest absolute Gasteiger partial charge is 0.322 e. The number of carbonyl (C=O) groups excluding carboxylic acids is 1. The molecule has 0 spiro atoms. The van der Waals surface area contributed by atoms with Crippen molar-refractivity contribution in [1.82, 2.24) is 9.97 Å². The van der Waals surface area contributed by atoms with E-state index in [0.29, 0.717) is 11.3 Å². The fourth-order valence-electron chi connectivity index (χ4n) is 1.87. The third-order valence-electron chi connectivity index (χ3n) is 2.84. The number of pyridine rings is 2. The van der Waals surface area contributed by atoms with Crippen LogP contribution in [0.1, 0.15) is 11.3 Å². The van der Waals surface area contributed by atoms with Crippen LogP contribution in [-0.4, -0.2) is 22.4 Å². The lowest BCUT2D eigenvalue weighted by Crippen LogP contribution is -2.22. The van der Waals surface area contributed by atoms with Crippen molar-refractivity contribution in [2.75, 3.05) is 11.9 Å². The molecule has 1 amide bonds. The standard InChI is InChI=1S/C14H13F3N4O/c1-8-5-9(7-19-13(8)14(15,16)17)10-3-2-4-11(20-10)21-12(22)6-18/h2-5,7H,6,18H2,1H3,(H,20,21,22). The number of alkyl halides is 3. The van der Waals surface area contributed by atoms with Crippen LogP contribution in [0.15, 0.2) is 30.5 Å². The highest BCUT2D eigenvalue weighted by molar-refractivity contribution is 5.91. The number of hydrogen-bond donors (Lipinski definition) is 2. The molecule has 2 rings (SSSR count). The molecule has 8 heteroatoms. The summed E-state index contributed by atoms with van der Waals surface area (Å²) in [5.74, 6) is -0.142. The molecule has 0 bridgehead atoms. The van der Waals surface area contributed by atoms with Crippen molar-refractivity contribution in [3.05, 3.63) is 41.7 Å². The minimum atomic E-state index is -4.49. The molecule has 2 aromatic rings. The minimum absolute atomic E-state index is 0.00296. The number of aromatic nitrogens is 2. The molecule has 5 nitrogen and oxygen atoms in total. The van der Waals surface area contributed by atoms with E-state index in [4.69, 9.17) is 5.73 Å². The van der Waals surface area contributed by atoms with Gasteiger partial charge in [0, 0.05) is 11.8 Å². The fraction of sp³-hybridized carbons (Fsp3) is 0.214. The maximum Gasteiger partial charge on any atom is 0.433 e. The molecule has 116 valence electrons. The summed E-state index contributed by atoms with van der Waals surface area (Å²) in [4.78, 5) is 18.8. The first kappa shape index (κ1) is 15.9. The molecule has 2 aromatic heterocycles. The first-order valence-corrected chi connectivity index (χ1v) is 6.32. The number of nitrogens with one attached hydrogen (secondary N) is 1. The van der Waals surface area contributed by atoms with Gasteiger partial charge < -0.3 is 11.1 Å². The molecule has 3 N–H and O–H groups in total. The van der Waals surface area contributed by atoms with E-state index < -0.39 is 17.8 Å². The molecule has 0 saturated heterocycles. The lowest BCUT2D eigenvalue weighted by molar-refractivity contribution is -0.141. The van der Waals surface area contributed by atoms with Crippen molar-refractivity contribution in [2.24, 2.45) is 5.73 Å². The Morgan fingerprint density at radius 2 is 2.09 bits per heavy atom. The molecule has 0 aliphatic heterocycles. The second-order valence-electron chi connectivity index (χ2n) is 4.55. The van der Waals surface area contributed by atoms with Crippen LogP contribution >= 0.6 is 0 Å². The van der Waals surface area contributed by atoms with E-state index in [1.807, 2.05) is 0 Å². The number of nitrogens with two attached hydrogens (primary N) is 1. The molecule has 0 atom stereocenters. The number of anilines is 1. The Kier molecular flexibility index (Phi) is 4.41. The van der Waals surface area contributed by atoms with Crippen molar-refractivity contribution in [3.8, 4) is 11.3 Å². The van der Waals surface area contributed by atoms with Gasteiger partial charge in [0.05, 0.1) is 12.2 Å². The van der Waals surface area contributed by atoms with Crippen LogP contribution in [0.3, 0.4) is 0 Å². The van der Waals surface area contributed by atoms with Crippen LogP contribution in [0, 0.1) is 6.92 Å². The number of carbonyl (C=O) groups is 1. The van der Waals surface area contributed by atoms with Crippen molar-refractivity contribution >= 4 is 11.7 Å². The highest BCUT2D eigenvalue weighted by Crippen LogP contribution is 2.31. The molecule has 0 aromatic carbocycles. The van der Waals surface area contributed by atoms with Crippen LogP contribution in [-0.2, 0) is 11.0 Å². The van der Waals surface area contributed by atoms with E-state index in [1.165, 1.54) is 13.0 Å². The summed E-state index contributed by atoms with van der Waals surface area (Å²) >= 11 is 0. The van der Waals surface area contributed by atoms with Crippen molar-refractivity contribution in [2.45, 2.75) is 13.1 Å². The van der Waals surface area contributed by atoms with Crippen LogP contribution in [0.25, 0.3) is 11.3 Å². The molecule has 2 heterocycles. The fourth-order valence-corrected chi connectivity index (χ4v) is 1.87. The molecule has 0 unspecified atom stereocenters. The van der Waals surface area contributed by atoms with Crippen LogP contribution in [0.4, 0.5) is 19.0 Å². The Labute approximate surface area is 124 Å². The Bertz CT molecular complexity index is 701. The molecular formula is C14H13F3N4O. The van der Waals surface area contributed by atoms with Crippen LogP contribution < -0.4 is 11.1 Å². The maximum absolute atomic E-state index is 12.7. The second-order valence-corrected chi connectivity index (χ2v) is 4.55. The van der Waals surface area contributed by atoms with Gasteiger partial charge in [-0.2, -0.15) is 13.2 Å². The van der Waals surface area contributed by atoms with Gasteiger partial charge in [-0.1, -0.05) is 6.07 Å². The first-order chi connectivity index (χ1) is 10.3. The number of aryl methyl sites for hydroxylation is 1. The highest BCUT2D eigenvalue weighted by Gasteiger charge is 2.34. The number of hydrogen-bond acceptors (Lipinski definition) is 4. The van der Waals surface area contributed by atoms with Gasteiger partial charge in [0.1, 0.15) is 11.5 Å². The third-order valence-corrected chi connectivity index (χ3v) is 2.84. The van der Waals surface area contributed by atoms with Gasteiger partial charge in [-0.25, -0.2) is 4.98 Å². The zero-order valence-electron chi connectivity index (χ0n) is 11.6. The SMILES string of the molecule is Cc1cc(-c2cccc(NC(=O)CN)n2)cnc1C(F)(F)F. The van der Waals surface area contributed by atoms with Crippen molar-refractivity contribution < 1.29 is 18.0 Å². The minimum Gasteiger partial charge on any atom is -0.322 e. The molecule has 0 aliphatic rings. The molecular weight excluding hydrogens is 297 g/mol. The summed E-state index contributed by atoms with van der Waals surface area (Å²) < 4.78 is 38.1. The summed E-state index contributed by atoms with van der Waals surface area (Å²) in [5.41, 5.74) is 5.09. The lowest BCUT2D eigenvalue weighted by atomic mass is 10.1. The molecule has 22 heavy (non-hydrogen) atoms. The predicted molar refractivity (Wildman–Crippen MR) is 74.9 cm³/mol. The lowest BCUT2D eigenvalue weighted by Gasteiger charge is -2.11. The van der Waals surface area contributed by atoms with Gasteiger partial charge in [-0.05, 0) is 30.7 Å². The van der Waals surface area contributed by atoms with Gasteiger partial charge >= 0.3 is 6.18 Å². The summed E-state index contributed by atoms with van der Waals surface area (Å²) in [5, 5.41) is 2.48. The van der Waals surface area contributed by atoms with E-state index in [0.717, 1.165) is 6.20 Å². The number of amides is 1. The number of rotatable bonds is 3. The van der Waals surface area contributed by atoms with Crippen molar-refractivity contribution in [1.29, 1.82) is 0 Å². The Hall–Kier alpha value is -2.48. The molecule has 0 radical (unpaired) electrons. The van der Waals surface area contributed by atoms with Gasteiger partial charge in [0.15, 0.2) is 0 Å². The average Bonchev–Trinajstić information content (AvgIpc) is 2.46. The van der Waals surface area contributed by atoms with E-state index in [-0.39, 0.29) is 17.9 Å². The Morgan fingerprint density at radius 3 is 2.68 bits per heavy atom. The normalized spacial score (nSPS) is 11.3. The quantitative estimate of drug-likeness (QED) is 0.912. The summed E-state index contributed by atoms with van der Waals surface area (Å²) in [6, 6.07) is 6.15. The molecule has 0 saturated carbocycles. The van der Waals surface area contributed by atoms with Gasteiger partial charge in [-0.3, -0.25) is 9.78 Å². The second kappa shape index (κ2) is 6.10. The van der Waals surface area contributed by atoms with Crippen LogP contribution in [0.2, 0.25) is 0 Å². The van der Waals surface area contributed by atoms with Gasteiger partial charge in [0.25, 0.3) is 0 Å². The third kappa shape index (κ3) is 3.59. The summed E-state index contributed by atoms with van der Waals surface area (Å²) in [6.07, 6.45) is -3.39. The van der Waals surface area contributed by atoms with Gasteiger partial charge in [-0.15, -0.1) is 0 Å².